The van der Waals surface area contributed by atoms with Gasteiger partial charge in [-0.15, -0.1) is 10.2 Å². The predicted molar refractivity (Wildman–Crippen MR) is 82.2 cm³/mol. The molecule has 0 saturated carbocycles. The van der Waals surface area contributed by atoms with E-state index in [4.69, 9.17) is 4.74 Å². The molecule has 0 amide bonds. The van der Waals surface area contributed by atoms with E-state index in [2.05, 4.69) is 20.2 Å². The van der Waals surface area contributed by atoms with Gasteiger partial charge < -0.3 is 4.74 Å². The van der Waals surface area contributed by atoms with Gasteiger partial charge in [-0.25, -0.2) is 4.98 Å². The van der Waals surface area contributed by atoms with Gasteiger partial charge in [0, 0.05) is 11.8 Å². The Morgan fingerprint density at radius 1 is 1.00 bits per heavy atom. The van der Waals surface area contributed by atoms with E-state index in [1.54, 1.807) is 0 Å². The number of ether oxygens (including phenoxy) is 1. The van der Waals surface area contributed by atoms with Crippen molar-refractivity contribution in [2.24, 2.45) is 0 Å². The van der Waals surface area contributed by atoms with Gasteiger partial charge in [0.25, 0.3) is 0 Å². The molecule has 5 nitrogen and oxygen atoms in total. The maximum atomic E-state index is 12.8. The first kappa shape index (κ1) is 19.0. The third kappa shape index (κ3) is 4.32. The third-order valence-corrected chi connectivity index (χ3v) is 4.12. The maximum absolute atomic E-state index is 12.8. The van der Waals surface area contributed by atoms with Crippen molar-refractivity contribution < 1.29 is 31.1 Å². The molecular weight excluding hydrogens is 398 g/mol. The molecular formula is C15H8F6N4OS. The molecule has 2 aromatic heterocycles. The van der Waals surface area contributed by atoms with Gasteiger partial charge in [-0.1, -0.05) is 17.4 Å². The molecule has 0 atom stereocenters. The highest BCUT2D eigenvalue weighted by atomic mass is 32.1. The minimum Gasteiger partial charge on any atom is -0.439 e. The van der Waals surface area contributed by atoms with E-state index in [1.807, 2.05) is 0 Å². The summed E-state index contributed by atoms with van der Waals surface area (Å²) in [6, 6.07) is 4.12. The molecule has 0 spiro atoms. The van der Waals surface area contributed by atoms with Crippen LogP contribution in [-0.2, 0) is 12.4 Å². The van der Waals surface area contributed by atoms with E-state index in [-0.39, 0.29) is 33.8 Å². The molecule has 27 heavy (non-hydrogen) atoms. The van der Waals surface area contributed by atoms with Crippen molar-refractivity contribution in [3.63, 3.8) is 0 Å². The third-order valence-electron chi connectivity index (χ3n) is 3.16. The van der Waals surface area contributed by atoms with Crippen LogP contribution in [0.2, 0.25) is 0 Å². The lowest BCUT2D eigenvalue weighted by Crippen LogP contribution is -2.04. The monoisotopic (exact) mass is 406 g/mol. The van der Waals surface area contributed by atoms with Crippen molar-refractivity contribution in [3.8, 4) is 22.5 Å². The second-order valence-electron chi connectivity index (χ2n) is 5.22. The van der Waals surface area contributed by atoms with Crippen molar-refractivity contribution in [1.82, 2.24) is 20.2 Å². The summed E-state index contributed by atoms with van der Waals surface area (Å²) >= 11 is 0.243. The fourth-order valence-electron chi connectivity index (χ4n) is 1.91. The molecule has 0 unspecified atom stereocenters. The molecule has 1 aromatic carbocycles. The lowest BCUT2D eigenvalue weighted by molar-refractivity contribution is -0.138. The molecule has 3 rings (SSSR count). The van der Waals surface area contributed by atoms with Crippen LogP contribution < -0.4 is 4.74 Å². The second-order valence-corrected chi connectivity index (χ2v) is 6.20. The quantitative estimate of drug-likeness (QED) is 0.564. The number of benzene rings is 1. The van der Waals surface area contributed by atoms with E-state index < -0.39 is 22.9 Å². The number of hydrogen-bond acceptors (Lipinski definition) is 6. The van der Waals surface area contributed by atoms with Crippen LogP contribution in [0, 0.1) is 6.92 Å². The number of nitrogens with zero attached hydrogens (tertiary/aromatic N) is 4. The minimum absolute atomic E-state index is 0.108. The fraction of sp³-hybridized carbons (Fsp3) is 0.200. The Morgan fingerprint density at radius 2 is 1.74 bits per heavy atom. The van der Waals surface area contributed by atoms with E-state index in [1.165, 1.54) is 19.2 Å². The molecule has 0 fully saturated rings. The molecule has 0 aliphatic rings. The van der Waals surface area contributed by atoms with Gasteiger partial charge in [0.1, 0.15) is 5.75 Å². The molecule has 0 aliphatic carbocycles. The molecule has 0 bridgehead atoms. The summed E-state index contributed by atoms with van der Waals surface area (Å²) in [5.41, 5.74) is -0.539. The van der Waals surface area contributed by atoms with E-state index in [9.17, 15) is 26.3 Å². The molecule has 2 heterocycles. The maximum Gasteiger partial charge on any atom is 0.445 e. The first-order valence-electron chi connectivity index (χ1n) is 7.14. The lowest BCUT2D eigenvalue weighted by atomic mass is 10.2. The molecule has 0 aliphatic heterocycles. The van der Waals surface area contributed by atoms with Crippen molar-refractivity contribution in [3.05, 3.63) is 46.6 Å². The highest BCUT2D eigenvalue weighted by Crippen LogP contribution is 2.35. The van der Waals surface area contributed by atoms with Gasteiger partial charge in [-0.05, 0) is 25.1 Å². The van der Waals surface area contributed by atoms with Crippen molar-refractivity contribution in [1.29, 1.82) is 0 Å². The molecule has 0 saturated heterocycles. The zero-order valence-electron chi connectivity index (χ0n) is 13.3. The van der Waals surface area contributed by atoms with Crippen LogP contribution in [0.4, 0.5) is 26.3 Å². The number of alkyl halides is 6. The SMILES string of the molecule is Cc1cnc(-c2nnc(C(F)(F)F)s2)nc1Oc1cccc(C(F)(F)F)c1. The molecule has 0 N–H and O–H groups in total. The average Bonchev–Trinajstić information content (AvgIpc) is 3.07. The predicted octanol–water partition coefficient (Wildman–Crippen LogP) is 5.13. The largest absolute Gasteiger partial charge is 0.445 e. The second kappa shape index (κ2) is 6.76. The Bertz CT molecular complexity index is 969. The highest BCUT2D eigenvalue weighted by Gasteiger charge is 2.36. The first-order chi connectivity index (χ1) is 12.5. The Balaban J connectivity index is 1.92. The summed E-state index contributed by atoms with van der Waals surface area (Å²) in [6.45, 7) is 1.54. The van der Waals surface area contributed by atoms with Crippen LogP contribution in [0.3, 0.4) is 0 Å². The van der Waals surface area contributed by atoms with Gasteiger partial charge >= 0.3 is 12.4 Å². The van der Waals surface area contributed by atoms with Crippen LogP contribution in [0.25, 0.3) is 10.8 Å². The Kier molecular flexibility index (Phi) is 4.76. The number of aromatic nitrogens is 4. The summed E-state index contributed by atoms with van der Waals surface area (Å²) in [5, 5.41) is 5.07. The van der Waals surface area contributed by atoms with Gasteiger partial charge in [0.15, 0.2) is 10.8 Å². The van der Waals surface area contributed by atoms with Gasteiger partial charge in [0.05, 0.1) is 5.56 Å². The smallest absolute Gasteiger partial charge is 0.439 e. The summed E-state index contributed by atoms with van der Waals surface area (Å²) < 4.78 is 81.6. The van der Waals surface area contributed by atoms with Gasteiger partial charge in [0.2, 0.25) is 10.9 Å². The van der Waals surface area contributed by atoms with Crippen LogP contribution in [0.15, 0.2) is 30.5 Å². The summed E-state index contributed by atoms with van der Waals surface area (Å²) in [6.07, 6.45) is -7.94. The van der Waals surface area contributed by atoms with Crippen LogP contribution >= 0.6 is 11.3 Å². The Morgan fingerprint density at radius 3 is 2.37 bits per heavy atom. The summed E-state index contributed by atoms with van der Waals surface area (Å²) in [4.78, 5) is 7.82. The Hall–Kier alpha value is -2.76. The minimum atomic E-state index is -4.65. The van der Waals surface area contributed by atoms with Crippen molar-refractivity contribution in [2.45, 2.75) is 19.3 Å². The van der Waals surface area contributed by atoms with Crippen LogP contribution in [0.5, 0.6) is 11.6 Å². The van der Waals surface area contributed by atoms with Crippen molar-refractivity contribution in [2.75, 3.05) is 0 Å². The van der Waals surface area contributed by atoms with Gasteiger partial charge in [-0.3, -0.25) is 0 Å². The standard InChI is InChI=1S/C15H8F6N4OS/c1-7-6-22-10(12-24-25-13(27-12)15(19,20)21)23-11(7)26-9-4-2-3-8(5-9)14(16,17)18/h2-6H,1H3. The average molecular weight is 406 g/mol. The molecule has 12 heteroatoms. The molecule has 0 radical (unpaired) electrons. The lowest BCUT2D eigenvalue weighted by Gasteiger charge is -2.11. The number of hydrogen-bond donors (Lipinski definition) is 0. The topological polar surface area (TPSA) is 60.8 Å². The number of aryl methyl sites for hydroxylation is 1. The molecule has 142 valence electrons. The fourth-order valence-corrected chi connectivity index (χ4v) is 2.56. The van der Waals surface area contributed by atoms with E-state index in [0.717, 1.165) is 18.2 Å². The van der Waals surface area contributed by atoms with Crippen molar-refractivity contribution >= 4 is 11.3 Å². The zero-order chi connectivity index (χ0) is 19.8. The first-order valence-corrected chi connectivity index (χ1v) is 7.95. The number of rotatable bonds is 3. The zero-order valence-corrected chi connectivity index (χ0v) is 14.1. The highest BCUT2D eigenvalue weighted by molar-refractivity contribution is 7.14. The van der Waals surface area contributed by atoms with Crippen LogP contribution in [-0.4, -0.2) is 20.2 Å². The summed E-state index contributed by atoms with van der Waals surface area (Å²) in [7, 11) is 0. The Labute approximate surface area is 151 Å². The van der Waals surface area contributed by atoms with E-state index >= 15 is 0 Å². The summed E-state index contributed by atoms with van der Waals surface area (Å²) in [5.74, 6) is -0.426. The van der Waals surface area contributed by atoms with Crippen LogP contribution in [0.1, 0.15) is 16.1 Å². The normalized spacial score (nSPS) is 12.3. The van der Waals surface area contributed by atoms with E-state index in [0.29, 0.717) is 5.56 Å². The molecule has 3 aromatic rings. The van der Waals surface area contributed by atoms with Gasteiger partial charge in [-0.2, -0.15) is 31.3 Å². The number of halogens is 6.